The SMILES string of the molecule is Cc1csc(/N=c2\ccccn2Cc2ccc(Cl)nc2)n1. The monoisotopic (exact) mass is 316 g/mol. The lowest BCUT2D eigenvalue weighted by Crippen LogP contribution is -2.20. The summed E-state index contributed by atoms with van der Waals surface area (Å²) in [5.41, 5.74) is 2.92. The van der Waals surface area contributed by atoms with E-state index in [1.54, 1.807) is 23.6 Å². The molecule has 0 aliphatic rings. The first-order valence-electron chi connectivity index (χ1n) is 6.43. The minimum absolute atomic E-state index is 0.500. The second-order valence-electron chi connectivity index (χ2n) is 4.56. The Morgan fingerprint density at radius 1 is 1.29 bits per heavy atom. The summed E-state index contributed by atoms with van der Waals surface area (Å²) in [6.07, 6.45) is 3.77. The van der Waals surface area contributed by atoms with E-state index >= 15 is 0 Å². The first kappa shape index (κ1) is 14.0. The molecule has 0 fully saturated rings. The van der Waals surface area contributed by atoms with Crippen LogP contribution in [0.2, 0.25) is 5.15 Å². The van der Waals surface area contributed by atoms with Crippen LogP contribution in [-0.4, -0.2) is 14.5 Å². The van der Waals surface area contributed by atoms with E-state index < -0.39 is 0 Å². The molecule has 0 aliphatic carbocycles. The largest absolute Gasteiger partial charge is 0.328 e. The van der Waals surface area contributed by atoms with Crippen molar-refractivity contribution in [3.63, 3.8) is 0 Å². The number of pyridine rings is 2. The summed E-state index contributed by atoms with van der Waals surface area (Å²) >= 11 is 7.35. The maximum absolute atomic E-state index is 5.81. The molecule has 0 radical (unpaired) electrons. The molecule has 3 aromatic rings. The molecule has 4 nitrogen and oxygen atoms in total. The first-order valence-corrected chi connectivity index (χ1v) is 7.69. The van der Waals surface area contributed by atoms with E-state index in [1.165, 1.54) is 0 Å². The van der Waals surface area contributed by atoms with E-state index in [1.807, 2.05) is 42.8 Å². The third-order valence-electron chi connectivity index (χ3n) is 2.88. The molecule has 21 heavy (non-hydrogen) atoms. The van der Waals surface area contributed by atoms with Crippen LogP contribution in [0.4, 0.5) is 5.13 Å². The van der Waals surface area contributed by atoms with Crippen molar-refractivity contribution < 1.29 is 0 Å². The van der Waals surface area contributed by atoms with Crippen LogP contribution in [0.25, 0.3) is 0 Å². The van der Waals surface area contributed by atoms with E-state index in [0.29, 0.717) is 11.7 Å². The van der Waals surface area contributed by atoms with Crippen LogP contribution >= 0.6 is 22.9 Å². The summed E-state index contributed by atoms with van der Waals surface area (Å²) in [7, 11) is 0. The van der Waals surface area contributed by atoms with Gasteiger partial charge in [-0.1, -0.05) is 23.7 Å². The number of thiazole rings is 1. The summed E-state index contributed by atoms with van der Waals surface area (Å²) < 4.78 is 2.06. The second kappa shape index (κ2) is 6.20. The Balaban J connectivity index is 1.96. The molecule has 3 heterocycles. The van der Waals surface area contributed by atoms with Gasteiger partial charge in [-0.2, -0.15) is 0 Å². The molecule has 3 aromatic heterocycles. The van der Waals surface area contributed by atoms with Crippen molar-refractivity contribution in [3.05, 3.63) is 70.0 Å². The molecule has 0 saturated heterocycles. The number of rotatable bonds is 3. The summed E-state index contributed by atoms with van der Waals surface area (Å²) in [5.74, 6) is 0. The Hall–Kier alpha value is -1.98. The number of aromatic nitrogens is 3. The molecule has 0 spiro atoms. The molecule has 106 valence electrons. The van der Waals surface area contributed by atoms with Gasteiger partial charge in [0.15, 0.2) is 0 Å². The summed E-state index contributed by atoms with van der Waals surface area (Å²) in [6.45, 7) is 2.65. The highest BCUT2D eigenvalue weighted by Crippen LogP contribution is 2.16. The van der Waals surface area contributed by atoms with E-state index in [-0.39, 0.29) is 0 Å². The summed E-state index contributed by atoms with van der Waals surface area (Å²) in [5, 5.41) is 3.26. The topological polar surface area (TPSA) is 43.1 Å². The predicted octanol–water partition coefficient (Wildman–Crippen LogP) is 3.58. The maximum Gasteiger partial charge on any atom is 0.211 e. The number of hydrogen-bond donors (Lipinski definition) is 0. The zero-order chi connectivity index (χ0) is 14.7. The van der Waals surface area contributed by atoms with Gasteiger partial charge < -0.3 is 4.57 Å². The Kier molecular flexibility index (Phi) is 4.13. The van der Waals surface area contributed by atoms with Gasteiger partial charge in [0.1, 0.15) is 10.6 Å². The van der Waals surface area contributed by atoms with Gasteiger partial charge >= 0.3 is 0 Å². The van der Waals surface area contributed by atoms with Gasteiger partial charge in [-0.3, -0.25) is 0 Å². The Labute approximate surface area is 131 Å². The maximum atomic E-state index is 5.81. The summed E-state index contributed by atoms with van der Waals surface area (Å²) in [6, 6.07) is 9.68. The molecule has 0 aliphatic heterocycles. The van der Waals surface area contributed by atoms with Crippen molar-refractivity contribution in [1.82, 2.24) is 14.5 Å². The van der Waals surface area contributed by atoms with Crippen molar-refractivity contribution in [2.75, 3.05) is 0 Å². The first-order chi connectivity index (χ1) is 10.2. The van der Waals surface area contributed by atoms with E-state index in [0.717, 1.165) is 21.9 Å². The average Bonchev–Trinajstić information content (AvgIpc) is 2.89. The fourth-order valence-corrected chi connectivity index (χ4v) is 2.67. The van der Waals surface area contributed by atoms with Gasteiger partial charge in [-0.25, -0.2) is 15.0 Å². The molecular weight excluding hydrogens is 304 g/mol. The highest BCUT2D eigenvalue weighted by atomic mass is 35.5. The third kappa shape index (κ3) is 3.56. The van der Waals surface area contributed by atoms with Crippen LogP contribution in [0.5, 0.6) is 0 Å². The van der Waals surface area contributed by atoms with Gasteiger partial charge in [0, 0.05) is 17.8 Å². The smallest absolute Gasteiger partial charge is 0.211 e. The third-order valence-corrected chi connectivity index (χ3v) is 3.95. The van der Waals surface area contributed by atoms with Crippen LogP contribution < -0.4 is 5.49 Å². The Bertz CT molecular complexity index is 805. The van der Waals surface area contributed by atoms with E-state index in [2.05, 4.69) is 19.5 Å². The van der Waals surface area contributed by atoms with Gasteiger partial charge in [0.05, 0.1) is 12.2 Å². The highest BCUT2D eigenvalue weighted by molar-refractivity contribution is 7.13. The number of aryl methyl sites for hydroxylation is 1. The quantitative estimate of drug-likeness (QED) is 0.693. The van der Waals surface area contributed by atoms with Gasteiger partial charge in [0.2, 0.25) is 5.13 Å². The molecule has 6 heteroatoms. The molecular formula is C15H13ClN4S. The fourth-order valence-electron chi connectivity index (χ4n) is 1.89. The number of hydrogen-bond acceptors (Lipinski definition) is 4. The molecule has 0 bridgehead atoms. The highest BCUT2D eigenvalue weighted by Gasteiger charge is 1.99. The van der Waals surface area contributed by atoms with Crippen LogP contribution in [0.15, 0.2) is 53.1 Å². The zero-order valence-electron chi connectivity index (χ0n) is 11.4. The van der Waals surface area contributed by atoms with E-state index in [4.69, 9.17) is 11.6 Å². The normalized spacial score (nSPS) is 11.8. The minimum atomic E-state index is 0.500. The minimum Gasteiger partial charge on any atom is -0.328 e. The average molecular weight is 317 g/mol. The standard InChI is InChI=1S/C15H13ClN4S/c1-11-10-21-15(18-11)19-14-4-2-3-7-20(14)9-12-5-6-13(16)17-8-12/h2-8,10H,9H2,1H3/b19-14+. The fraction of sp³-hybridized carbons (Fsp3) is 0.133. The van der Waals surface area contributed by atoms with Crippen LogP contribution in [0.1, 0.15) is 11.3 Å². The van der Waals surface area contributed by atoms with Crippen LogP contribution in [0, 0.1) is 6.92 Å². The molecule has 0 saturated carbocycles. The number of halogens is 1. The zero-order valence-corrected chi connectivity index (χ0v) is 13.0. The molecule has 0 aromatic carbocycles. The lowest BCUT2D eigenvalue weighted by molar-refractivity contribution is 0.740. The second-order valence-corrected chi connectivity index (χ2v) is 5.78. The lowest BCUT2D eigenvalue weighted by atomic mass is 10.3. The van der Waals surface area contributed by atoms with Gasteiger partial charge in [-0.15, -0.1) is 11.3 Å². The summed E-state index contributed by atoms with van der Waals surface area (Å²) in [4.78, 5) is 13.1. The van der Waals surface area contributed by atoms with Crippen LogP contribution in [0.3, 0.4) is 0 Å². The predicted molar refractivity (Wildman–Crippen MR) is 84.9 cm³/mol. The van der Waals surface area contributed by atoms with Gasteiger partial charge in [-0.05, 0) is 30.7 Å². The van der Waals surface area contributed by atoms with Crippen molar-refractivity contribution in [2.24, 2.45) is 4.99 Å². The molecule has 0 N–H and O–H groups in total. The van der Waals surface area contributed by atoms with Gasteiger partial charge in [0.25, 0.3) is 0 Å². The molecule has 0 amide bonds. The van der Waals surface area contributed by atoms with Crippen molar-refractivity contribution in [3.8, 4) is 0 Å². The Morgan fingerprint density at radius 2 is 2.19 bits per heavy atom. The Morgan fingerprint density at radius 3 is 2.90 bits per heavy atom. The molecule has 0 unspecified atom stereocenters. The number of nitrogens with zero attached hydrogens (tertiary/aromatic N) is 4. The molecule has 3 rings (SSSR count). The van der Waals surface area contributed by atoms with E-state index in [9.17, 15) is 0 Å². The lowest BCUT2D eigenvalue weighted by Gasteiger charge is -2.06. The molecule has 0 atom stereocenters. The van der Waals surface area contributed by atoms with Crippen molar-refractivity contribution in [1.29, 1.82) is 0 Å². The van der Waals surface area contributed by atoms with Crippen molar-refractivity contribution >= 4 is 28.1 Å². The van der Waals surface area contributed by atoms with Crippen molar-refractivity contribution in [2.45, 2.75) is 13.5 Å². The van der Waals surface area contributed by atoms with Crippen LogP contribution in [-0.2, 0) is 6.54 Å².